The second-order valence-electron chi connectivity index (χ2n) is 5.84. The number of nitrogens with zero attached hydrogens (tertiary/aromatic N) is 2. The van der Waals surface area contributed by atoms with Gasteiger partial charge in [-0.15, -0.1) is 0 Å². The fraction of sp³-hybridized carbons (Fsp3) is 0.167. The van der Waals surface area contributed by atoms with Gasteiger partial charge in [0.25, 0.3) is 11.8 Å². The van der Waals surface area contributed by atoms with Crippen LogP contribution in [0, 0.1) is 5.95 Å². The van der Waals surface area contributed by atoms with Gasteiger partial charge in [0, 0.05) is 30.6 Å². The molecule has 1 unspecified atom stereocenters. The Morgan fingerprint density at radius 1 is 1.27 bits per heavy atom. The standard InChI is InChI=1S/C18H15F3N4O/c19-14-10-13(6-8-24-14)23-9-7-15(22)25-16(26)17(11-18(17,20)21)12-4-2-1-3-5-12/h1-10H,11H2,(H,23,24)(H2,22,25,26)/b9-7-. The molecular formula is C18H15F3N4O. The molecule has 0 bridgehead atoms. The Balaban J connectivity index is 1.74. The number of nitrogens with two attached hydrogens (primary N) is 1. The topological polar surface area (TPSA) is 80.4 Å². The number of aliphatic imine (C=N–C) groups is 1. The summed E-state index contributed by atoms with van der Waals surface area (Å²) in [6, 6.07) is 10.5. The molecule has 1 aliphatic carbocycles. The minimum Gasteiger partial charge on any atom is -0.384 e. The smallest absolute Gasteiger partial charge is 0.268 e. The molecule has 5 nitrogen and oxygen atoms in total. The van der Waals surface area contributed by atoms with E-state index in [-0.39, 0.29) is 11.4 Å². The molecule has 3 rings (SSSR count). The van der Waals surface area contributed by atoms with Crippen LogP contribution in [0.25, 0.3) is 0 Å². The van der Waals surface area contributed by atoms with E-state index < -0.39 is 29.6 Å². The Bertz CT molecular complexity index is 883. The first kappa shape index (κ1) is 17.7. The van der Waals surface area contributed by atoms with E-state index in [0.717, 1.165) is 6.07 Å². The number of hydrogen-bond donors (Lipinski definition) is 2. The Hall–Kier alpha value is -3.16. The van der Waals surface area contributed by atoms with Crippen LogP contribution in [-0.2, 0) is 10.2 Å². The fourth-order valence-electron chi connectivity index (χ4n) is 2.65. The van der Waals surface area contributed by atoms with E-state index in [2.05, 4.69) is 15.3 Å². The van der Waals surface area contributed by atoms with E-state index >= 15 is 0 Å². The van der Waals surface area contributed by atoms with Crippen molar-refractivity contribution < 1.29 is 18.0 Å². The predicted molar refractivity (Wildman–Crippen MR) is 91.3 cm³/mol. The number of alkyl halides is 2. The maximum absolute atomic E-state index is 13.9. The van der Waals surface area contributed by atoms with Gasteiger partial charge in [0.2, 0.25) is 5.95 Å². The number of rotatable bonds is 5. The zero-order valence-corrected chi connectivity index (χ0v) is 13.5. The van der Waals surface area contributed by atoms with E-state index in [1.54, 1.807) is 18.2 Å². The molecule has 1 heterocycles. The largest absolute Gasteiger partial charge is 0.384 e. The van der Waals surface area contributed by atoms with Crippen molar-refractivity contribution in [1.29, 1.82) is 0 Å². The molecule has 0 saturated heterocycles. The van der Waals surface area contributed by atoms with Gasteiger partial charge in [-0.2, -0.15) is 9.38 Å². The van der Waals surface area contributed by atoms with Crippen LogP contribution in [0.5, 0.6) is 0 Å². The number of hydrogen-bond acceptors (Lipinski definition) is 3. The molecule has 1 fully saturated rings. The molecule has 8 heteroatoms. The quantitative estimate of drug-likeness (QED) is 0.488. The van der Waals surface area contributed by atoms with Crippen molar-refractivity contribution in [1.82, 2.24) is 4.98 Å². The minimum atomic E-state index is -3.16. The van der Waals surface area contributed by atoms with E-state index in [9.17, 15) is 18.0 Å². The lowest BCUT2D eigenvalue weighted by Gasteiger charge is -2.12. The van der Waals surface area contributed by atoms with E-state index in [1.807, 2.05) is 0 Å². The molecule has 1 atom stereocenters. The van der Waals surface area contributed by atoms with Gasteiger partial charge in [-0.05, 0) is 17.7 Å². The van der Waals surface area contributed by atoms with E-state index in [4.69, 9.17) is 5.73 Å². The molecule has 0 radical (unpaired) electrons. The van der Waals surface area contributed by atoms with Crippen LogP contribution < -0.4 is 11.1 Å². The molecule has 134 valence electrons. The lowest BCUT2D eigenvalue weighted by atomic mass is 9.94. The van der Waals surface area contributed by atoms with Crippen LogP contribution in [0.3, 0.4) is 0 Å². The molecule has 1 aliphatic rings. The molecule has 0 spiro atoms. The van der Waals surface area contributed by atoms with Crippen LogP contribution in [0.4, 0.5) is 18.9 Å². The maximum Gasteiger partial charge on any atom is 0.268 e. The number of pyridine rings is 1. The summed E-state index contributed by atoms with van der Waals surface area (Å²) in [7, 11) is 0. The van der Waals surface area contributed by atoms with E-state index in [1.165, 1.54) is 36.7 Å². The van der Waals surface area contributed by atoms with Gasteiger partial charge in [0.15, 0.2) is 0 Å². The Morgan fingerprint density at radius 2 is 1.96 bits per heavy atom. The van der Waals surface area contributed by atoms with Crippen molar-refractivity contribution in [2.24, 2.45) is 10.7 Å². The van der Waals surface area contributed by atoms with Crippen molar-refractivity contribution in [3.63, 3.8) is 0 Å². The van der Waals surface area contributed by atoms with Crippen molar-refractivity contribution in [2.75, 3.05) is 5.32 Å². The highest BCUT2D eigenvalue weighted by Crippen LogP contribution is 2.62. The molecule has 3 N–H and O–H groups in total. The monoisotopic (exact) mass is 360 g/mol. The fourth-order valence-corrected chi connectivity index (χ4v) is 2.65. The van der Waals surface area contributed by atoms with Gasteiger partial charge in [0.05, 0.1) is 0 Å². The second-order valence-corrected chi connectivity index (χ2v) is 5.84. The number of benzene rings is 1. The summed E-state index contributed by atoms with van der Waals surface area (Å²) in [6.07, 6.45) is 3.22. The van der Waals surface area contributed by atoms with Crippen LogP contribution in [-0.4, -0.2) is 22.6 Å². The van der Waals surface area contributed by atoms with Gasteiger partial charge in [-0.1, -0.05) is 30.3 Å². The number of halogens is 3. The van der Waals surface area contributed by atoms with Crippen LogP contribution in [0.1, 0.15) is 12.0 Å². The Kier molecular flexibility index (Phi) is 4.50. The van der Waals surface area contributed by atoms with Crippen LogP contribution in [0.2, 0.25) is 0 Å². The summed E-state index contributed by atoms with van der Waals surface area (Å²) in [5.41, 5.74) is 4.28. The normalized spacial score (nSPS) is 21.6. The van der Waals surface area contributed by atoms with Crippen LogP contribution in [0.15, 0.2) is 65.9 Å². The molecule has 1 saturated carbocycles. The van der Waals surface area contributed by atoms with Gasteiger partial charge in [-0.3, -0.25) is 4.79 Å². The van der Waals surface area contributed by atoms with Gasteiger partial charge in [0.1, 0.15) is 11.3 Å². The van der Waals surface area contributed by atoms with Crippen LogP contribution >= 0.6 is 0 Å². The number of anilines is 1. The second kappa shape index (κ2) is 6.62. The molecular weight excluding hydrogens is 345 g/mol. The SMILES string of the molecule is NC(/C=C\Nc1ccnc(F)c1)=NC(=O)C1(c2ccccc2)CC1(F)F. The number of carbonyl (C=O) groups is 1. The third-order valence-electron chi connectivity index (χ3n) is 4.08. The number of amides is 1. The summed E-state index contributed by atoms with van der Waals surface area (Å²) in [5, 5.41) is 2.71. The summed E-state index contributed by atoms with van der Waals surface area (Å²) in [4.78, 5) is 19.4. The zero-order chi connectivity index (χ0) is 18.8. The van der Waals surface area contributed by atoms with Gasteiger partial charge in [-0.25, -0.2) is 13.8 Å². The molecule has 26 heavy (non-hydrogen) atoms. The van der Waals surface area contributed by atoms with E-state index in [0.29, 0.717) is 5.69 Å². The van der Waals surface area contributed by atoms with Crippen molar-refractivity contribution >= 4 is 17.4 Å². The summed E-state index contributed by atoms with van der Waals surface area (Å²) < 4.78 is 40.9. The average molecular weight is 360 g/mol. The number of carbonyl (C=O) groups excluding carboxylic acids is 1. The van der Waals surface area contributed by atoms with Crippen molar-refractivity contribution in [3.05, 3.63) is 72.4 Å². The molecule has 1 aromatic heterocycles. The first-order valence-corrected chi connectivity index (χ1v) is 7.72. The summed E-state index contributed by atoms with van der Waals surface area (Å²) in [6.45, 7) is 0. The number of aromatic nitrogens is 1. The highest BCUT2D eigenvalue weighted by atomic mass is 19.3. The lowest BCUT2D eigenvalue weighted by Crippen LogP contribution is -2.28. The third-order valence-corrected chi connectivity index (χ3v) is 4.08. The van der Waals surface area contributed by atoms with Gasteiger partial charge >= 0.3 is 0 Å². The third kappa shape index (κ3) is 3.30. The minimum absolute atomic E-state index is 0.209. The predicted octanol–water partition coefficient (Wildman–Crippen LogP) is 3.01. The number of amidine groups is 1. The lowest BCUT2D eigenvalue weighted by molar-refractivity contribution is -0.122. The zero-order valence-electron chi connectivity index (χ0n) is 13.5. The summed E-state index contributed by atoms with van der Waals surface area (Å²) in [5.74, 6) is -5.06. The average Bonchev–Trinajstić information content (AvgIpc) is 3.20. The molecule has 1 amide bonds. The maximum atomic E-state index is 13.9. The molecule has 0 aliphatic heterocycles. The van der Waals surface area contributed by atoms with Crippen molar-refractivity contribution in [2.45, 2.75) is 17.8 Å². The number of nitrogens with one attached hydrogen (secondary N) is 1. The Morgan fingerprint density at radius 3 is 2.58 bits per heavy atom. The van der Waals surface area contributed by atoms with Crippen molar-refractivity contribution in [3.8, 4) is 0 Å². The summed E-state index contributed by atoms with van der Waals surface area (Å²) >= 11 is 0. The first-order valence-electron chi connectivity index (χ1n) is 7.72. The van der Waals surface area contributed by atoms with Gasteiger partial charge < -0.3 is 11.1 Å². The molecule has 2 aromatic rings. The molecule has 1 aromatic carbocycles. The Labute approximate surface area is 147 Å². The first-order chi connectivity index (χ1) is 12.3. The highest BCUT2D eigenvalue weighted by Gasteiger charge is 2.76. The highest BCUT2D eigenvalue weighted by molar-refractivity contribution is 6.05.